The van der Waals surface area contributed by atoms with Crippen molar-refractivity contribution in [3.05, 3.63) is 24.3 Å². The quantitative estimate of drug-likeness (QED) is 0.889. The van der Waals surface area contributed by atoms with E-state index in [0.29, 0.717) is 6.04 Å². The second kappa shape index (κ2) is 6.98. The first kappa shape index (κ1) is 15.2. The van der Waals surface area contributed by atoms with E-state index in [-0.39, 0.29) is 0 Å². The molecule has 2 rings (SSSR count). The Balaban J connectivity index is 1.90. The van der Waals surface area contributed by atoms with Crippen molar-refractivity contribution in [2.24, 2.45) is 5.92 Å². The van der Waals surface area contributed by atoms with Gasteiger partial charge in [0.15, 0.2) is 0 Å². The summed E-state index contributed by atoms with van der Waals surface area (Å²) in [7, 11) is 4.21. The summed E-state index contributed by atoms with van der Waals surface area (Å²) >= 11 is 0. The van der Waals surface area contributed by atoms with Crippen molar-refractivity contribution in [3.63, 3.8) is 0 Å². The number of benzene rings is 1. The number of hydrogen-bond acceptors (Lipinski definition) is 3. The zero-order valence-corrected chi connectivity index (χ0v) is 13.4. The Hall–Kier alpha value is -1.22. The lowest BCUT2D eigenvalue weighted by atomic mass is 10.0. The number of nitrogens with one attached hydrogen (secondary N) is 1. The first-order valence-corrected chi connectivity index (χ1v) is 7.81. The molecule has 1 heterocycles. The number of nitrogens with zero attached hydrogens (tertiary/aromatic N) is 2. The van der Waals surface area contributed by atoms with E-state index in [1.807, 2.05) is 0 Å². The summed E-state index contributed by atoms with van der Waals surface area (Å²) in [6.45, 7) is 8.29. The van der Waals surface area contributed by atoms with Crippen LogP contribution in [0.2, 0.25) is 0 Å². The number of anilines is 2. The van der Waals surface area contributed by atoms with Crippen LogP contribution < -0.4 is 10.2 Å². The Morgan fingerprint density at radius 3 is 2.45 bits per heavy atom. The van der Waals surface area contributed by atoms with E-state index in [9.17, 15) is 0 Å². The highest BCUT2D eigenvalue weighted by Gasteiger charge is 2.20. The summed E-state index contributed by atoms with van der Waals surface area (Å²) in [6.07, 6.45) is 2.49. The Kier molecular flexibility index (Phi) is 5.30. The lowest BCUT2D eigenvalue weighted by Crippen LogP contribution is -2.40. The smallest absolute Gasteiger partial charge is 0.0596 e. The van der Waals surface area contributed by atoms with Crippen LogP contribution in [0.15, 0.2) is 24.3 Å². The van der Waals surface area contributed by atoms with Crippen molar-refractivity contribution in [3.8, 4) is 0 Å². The van der Waals surface area contributed by atoms with Crippen LogP contribution in [0.25, 0.3) is 0 Å². The number of piperidine rings is 1. The van der Waals surface area contributed by atoms with Gasteiger partial charge in [0, 0.05) is 39.8 Å². The van der Waals surface area contributed by atoms with Crippen molar-refractivity contribution in [2.45, 2.75) is 32.7 Å². The molecule has 0 unspecified atom stereocenters. The molecule has 3 heteroatoms. The molecular formula is C17H29N3. The van der Waals surface area contributed by atoms with Gasteiger partial charge in [-0.1, -0.05) is 26.0 Å². The third kappa shape index (κ3) is 4.14. The maximum absolute atomic E-state index is 3.74. The van der Waals surface area contributed by atoms with E-state index in [1.165, 1.54) is 43.9 Å². The van der Waals surface area contributed by atoms with Crippen molar-refractivity contribution >= 4 is 11.4 Å². The van der Waals surface area contributed by atoms with E-state index >= 15 is 0 Å². The molecule has 0 spiro atoms. The SMILES string of the molecule is CC(C)CN1CCC(Nc2ccccc2N(C)C)CC1. The van der Waals surface area contributed by atoms with Crippen LogP contribution in [0, 0.1) is 5.92 Å². The molecule has 0 aromatic heterocycles. The maximum atomic E-state index is 3.74. The lowest BCUT2D eigenvalue weighted by Gasteiger charge is -2.34. The van der Waals surface area contributed by atoms with Crippen LogP contribution in [0.5, 0.6) is 0 Å². The first-order valence-electron chi connectivity index (χ1n) is 7.81. The van der Waals surface area contributed by atoms with E-state index < -0.39 is 0 Å². The Morgan fingerprint density at radius 2 is 1.85 bits per heavy atom. The second-order valence-electron chi connectivity index (χ2n) is 6.52. The number of hydrogen-bond donors (Lipinski definition) is 1. The van der Waals surface area contributed by atoms with E-state index in [2.05, 4.69) is 67.3 Å². The lowest BCUT2D eigenvalue weighted by molar-refractivity contribution is 0.198. The van der Waals surface area contributed by atoms with Gasteiger partial charge in [0.2, 0.25) is 0 Å². The number of para-hydroxylation sites is 2. The molecule has 0 saturated carbocycles. The molecule has 1 N–H and O–H groups in total. The van der Waals surface area contributed by atoms with Crippen molar-refractivity contribution in [1.29, 1.82) is 0 Å². The van der Waals surface area contributed by atoms with Crippen LogP contribution >= 0.6 is 0 Å². The predicted molar refractivity (Wildman–Crippen MR) is 88.7 cm³/mol. The standard InChI is InChI=1S/C17H29N3/c1-14(2)13-20-11-9-15(10-12-20)18-16-7-5-6-8-17(16)19(3)4/h5-8,14-15,18H,9-13H2,1-4H3. The molecule has 0 radical (unpaired) electrons. The summed E-state index contributed by atoms with van der Waals surface area (Å²) in [5.41, 5.74) is 2.54. The topological polar surface area (TPSA) is 18.5 Å². The summed E-state index contributed by atoms with van der Waals surface area (Å²) < 4.78 is 0. The van der Waals surface area contributed by atoms with Crippen LogP contribution in [0.3, 0.4) is 0 Å². The minimum Gasteiger partial charge on any atom is -0.381 e. The van der Waals surface area contributed by atoms with Gasteiger partial charge in [0.1, 0.15) is 0 Å². The van der Waals surface area contributed by atoms with Gasteiger partial charge in [-0.25, -0.2) is 0 Å². The van der Waals surface area contributed by atoms with Crippen molar-refractivity contribution in [1.82, 2.24) is 4.90 Å². The molecule has 1 aromatic rings. The predicted octanol–water partition coefficient (Wildman–Crippen LogP) is 3.28. The van der Waals surface area contributed by atoms with Gasteiger partial charge in [0.25, 0.3) is 0 Å². The third-order valence-corrected chi connectivity index (χ3v) is 3.96. The Bertz CT molecular complexity index is 406. The molecule has 0 atom stereocenters. The number of likely N-dealkylation sites (tertiary alicyclic amines) is 1. The molecule has 1 aliphatic rings. The molecule has 3 nitrogen and oxygen atoms in total. The molecule has 1 aromatic carbocycles. The summed E-state index contributed by atoms with van der Waals surface area (Å²) in [5.74, 6) is 0.772. The molecular weight excluding hydrogens is 246 g/mol. The molecule has 1 saturated heterocycles. The average Bonchev–Trinajstić information content (AvgIpc) is 2.41. The zero-order valence-electron chi connectivity index (χ0n) is 13.4. The van der Waals surface area contributed by atoms with Crippen LogP contribution in [-0.4, -0.2) is 44.7 Å². The molecule has 0 bridgehead atoms. The minimum atomic E-state index is 0.611. The summed E-state index contributed by atoms with van der Waals surface area (Å²) in [4.78, 5) is 4.77. The molecule has 0 aliphatic carbocycles. The Morgan fingerprint density at radius 1 is 1.20 bits per heavy atom. The van der Waals surface area contributed by atoms with Crippen LogP contribution in [-0.2, 0) is 0 Å². The highest BCUT2D eigenvalue weighted by Crippen LogP contribution is 2.26. The summed E-state index contributed by atoms with van der Waals surface area (Å²) in [5, 5.41) is 3.74. The highest BCUT2D eigenvalue weighted by atomic mass is 15.1. The average molecular weight is 275 g/mol. The fourth-order valence-electron chi connectivity index (χ4n) is 2.98. The van der Waals surface area contributed by atoms with Gasteiger partial charge in [-0.15, -0.1) is 0 Å². The van der Waals surface area contributed by atoms with Gasteiger partial charge in [0.05, 0.1) is 11.4 Å². The minimum absolute atomic E-state index is 0.611. The van der Waals surface area contributed by atoms with E-state index in [0.717, 1.165) is 5.92 Å². The highest BCUT2D eigenvalue weighted by molar-refractivity contribution is 5.69. The summed E-state index contributed by atoms with van der Waals surface area (Å²) in [6, 6.07) is 9.20. The monoisotopic (exact) mass is 275 g/mol. The molecule has 1 fully saturated rings. The number of rotatable bonds is 5. The fourth-order valence-corrected chi connectivity index (χ4v) is 2.98. The van der Waals surface area contributed by atoms with Gasteiger partial charge in [-0.2, -0.15) is 0 Å². The third-order valence-electron chi connectivity index (χ3n) is 3.96. The first-order chi connectivity index (χ1) is 9.56. The van der Waals surface area contributed by atoms with Gasteiger partial charge < -0.3 is 15.1 Å². The van der Waals surface area contributed by atoms with Gasteiger partial charge in [-0.05, 0) is 30.9 Å². The van der Waals surface area contributed by atoms with Crippen molar-refractivity contribution < 1.29 is 0 Å². The molecule has 0 amide bonds. The van der Waals surface area contributed by atoms with Gasteiger partial charge >= 0.3 is 0 Å². The molecule has 1 aliphatic heterocycles. The second-order valence-corrected chi connectivity index (χ2v) is 6.52. The molecule has 112 valence electrons. The normalized spacial score (nSPS) is 17.4. The van der Waals surface area contributed by atoms with E-state index in [4.69, 9.17) is 0 Å². The van der Waals surface area contributed by atoms with Crippen molar-refractivity contribution in [2.75, 3.05) is 43.9 Å². The largest absolute Gasteiger partial charge is 0.381 e. The Labute approximate surface area is 124 Å². The zero-order chi connectivity index (χ0) is 14.5. The van der Waals surface area contributed by atoms with Crippen LogP contribution in [0.4, 0.5) is 11.4 Å². The maximum Gasteiger partial charge on any atom is 0.0596 e. The van der Waals surface area contributed by atoms with Crippen LogP contribution in [0.1, 0.15) is 26.7 Å². The fraction of sp³-hybridized carbons (Fsp3) is 0.647. The van der Waals surface area contributed by atoms with Gasteiger partial charge in [-0.3, -0.25) is 0 Å². The van der Waals surface area contributed by atoms with E-state index in [1.54, 1.807) is 0 Å². The molecule has 20 heavy (non-hydrogen) atoms.